The van der Waals surface area contributed by atoms with Crippen LogP contribution in [-0.2, 0) is 11.3 Å². The van der Waals surface area contributed by atoms with Gasteiger partial charge in [0.1, 0.15) is 0 Å². The van der Waals surface area contributed by atoms with E-state index < -0.39 is 0 Å². The number of carbonyl (C=O) groups excluding carboxylic acids is 1. The van der Waals surface area contributed by atoms with Crippen molar-refractivity contribution in [3.63, 3.8) is 0 Å². The zero-order chi connectivity index (χ0) is 12.8. The lowest BCUT2D eigenvalue weighted by Gasteiger charge is -2.31. The highest BCUT2D eigenvalue weighted by Crippen LogP contribution is 2.11. The summed E-state index contributed by atoms with van der Waals surface area (Å²) >= 11 is 0. The number of hydrogen-bond acceptors (Lipinski definition) is 4. The molecule has 0 aliphatic carbocycles. The van der Waals surface area contributed by atoms with Crippen molar-refractivity contribution in [2.45, 2.75) is 32.4 Å². The highest BCUT2D eigenvalue weighted by atomic mass is 16.6. The van der Waals surface area contributed by atoms with Crippen molar-refractivity contribution in [3.8, 4) is 0 Å². The Hall–Kier alpha value is -1.56. The van der Waals surface area contributed by atoms with Crippen LogP contribution in [0.15, 0.2) is 12.3 Å². The summed E-state index contributed by atoms with van der Waals surface area (Å²) in [5.74, 6) is 0. The standard InChI is InChI=1S/C12H20N4O2/c1-2-18-12(17)16-7-4-10(5-8-16)13-9-11-3-6-14-15-11/h3,6,10,13H,2,4-5,7-9H2,1H3,(H,14,15). The minimum Gasteiger partial charge on any atom is -0.450 e. The summed E-state index contributed by atoms with van der Waals surface area (Å²) in [7, 11) is 0. The SMILES string of the molecule is CCOC(=O)N1CCC(NCc2ccn[nH]2)CC1. The predicted molar refractivity (Wildman–Crippen MR) is 67.0 cm³/mol. The fourth-order valence-electron chi connectivity index (χ4n) is 2.12. The minimum absolute atomic E-state index is 0.190. The van der Waals surface area contributed by atoms with Crippen molar-refractivity contribution in [2.75, 3.05) is 19.7 Å². The molecule has 1 aromatic rings. The smallest absolute Gasteiger partial charge is 0.409 e. The molecule has 0 spiro atoms. The monoisotopic (exact) mass is 252 g/mol. The number of H-pyrrole nitrogens is 1. The first-order valence-electron chi connectivity index (χ1n) is 6.43. The zero-order valence-corrected chi connectivity index (χ0v) is 10.7. The first kappa shape index (κ1) is 12.9. The second kappa shape index (κ2) is 6.39. The number of hydrogen-bond donors (Lipinski definition) is 2. The van der Waals surface area contributed by atoms with Gasteiger partial charge in [-0.2, -0.15) is 5.10 Å². The topological polar surface area (TPSA) is 70.2 Å². The molecule has 1 saturated heterocycles. The molecule has 0 atom stereocenters. The van der Waals surface area contributed by atoms with Gasteiger partial charge in [-0.05, 0) is 25.8 Å². The third-order valence-electron chi connectivity index (χ3n) is 3.16. The Balaban J connectivity index is 1.68. The third-order valence-corrected chi connectivity index (χ3v) is 3.16. The second-order valence-corrected chi connectivity index (χ2v) is 4.42. The minimum atomic E-state index is -0.190. The number of likely N-dealkylation sites (tertiary alicyclic amines) is 1. The second-order valence-electron chi connectivity index (χ2n) is 4.42. The van der Waals surface area contributed by atoms with Crippen molar-refractivity contribution in [1.82, 2.24) is 20.4 Å². The average molecular weight is 252 g/mol. The highest BCUT2D eigenvalue weighted by molar-refractivity contribution is 5.67. The maximum absolute atomic E-state index is 11.5. The maximum Gasteiger partial charge on any atom is 0.409 e. The number of aromatic amines is 1. The van der Waals surface area contributed by atoms with Crippen LogP contribution in [0, 0.1) is 0 Å². The maximum atomic E-state index is 11.5. The van der Waals surface area contributed by atoms with Crippen LogP contribution in [0.4, 0.5) is 4.79 Å². The van der Waals surface area contributed by atoms with E-state index in [4.69, 9.17) is 4.74 Å². The van der Waals surface area contributed by atoms with Gasteiger partial charge in [-0.3, -0.25) is 5.10 Å². The molecular weight excluding hydrogens is 232 g/mol. The molecule has 0 unspecified atom stereocenters. The summed E-state index contributed by atoms with van der Waals surface area (Å²) in [6, 6.07) is 2.42. The Bertz CT molecular complexity index is 358. The molecule has 1 aliphatic rings. The lowest BCUT2D eigenvalue weighted by Crippen LogP contribution is -2.44. The number of ether oxygens (including phenoxy) is 1. The van der Waals surface area contributed by atoms with Crippen LogP contribution in [0.5, 0.6) is 0 Å². The highest BCUT2D eigenvalue weighted by Gasteiger charge is 2.23. The molecule has 18 heavy (non-hydrogen) atoms. The van der Waals surface area contributed by atoms with Crippen LogP contribution in [0.1, 0.15) is 25.5 Å². The van der Waals surface area contributed by atoms with Gasteiger partial charge in [-0.25, -0.2) is 4.79 Å². The number of carbonyl (C=O) groups is 1. The molecule has 1 amide bonds. The largest absolute Gasteiger partial charge is 0.450 e. The number of piperidine rings is 1. The predicted octanol–water partition coefficient (Wildman–Crippen LogP) is 1.12. The summed E-state index contributed by atoms with van der Waals surface area (Å²) in [5.41, 5.74) is 1.09. The Kier molecular flexibility index (Phi) is 4.58. The average Bonchev–Trinajstić information content (AvgIpc) is 2.90. The van der Waals surface area contributed by atoms with Crippen LogP contribution in [0.2, 0.25) is 0 Å². The molecule has 1 fully saturated rings. The van der Waals surface area contributed by atoms with Gasteiger partial charge in [0.2, 0.25) is 0 Å². The summed E-state index contributed by atoms with van der Waals surface area (Å²) in [6.45, 7) is 4.59. The molecule has 1 aromatic heterocycles. The molecule has 2 rings (SSSR count). The number of aromatic nitrogens is 2. The number of nitrogens with one attached hydrogen (secondary N) is 2. The van der Waals surface area contributed by atoms with Gasteiger partial charge in [0.15, 0.2) is 0 Å². The first-order chi connectivity index (χ1) is 8.79. The fourth-order valence-corrected chi connectivity index (χ4v) is 2.12. The van der Waals surface area contributed by atoms with Crippen LogP contribution in [0.25, 0.3) is 0 Å². The Morgan fingerprint density at radius 2 is 2.39 bits per heavy atom. The quantitative estimate of drug-likeness (QED) is 0.842. The van der Waals surface area contributed by atoms with Gasteiger partial charge in [0, 0.05) is 37.6 Å². The van der Waals surface area contributed by atoms with Gasteiger partial charge in [-0.15, -0.1) is 0 Å². The van der Waals surface area contributed by atoms with E-state index in [-0.39, 0.29) is 6.09 Å². The molecule has 0 radical (unpaired) electrons. The first-order valence-corrected chi connectivity index (χ1v) is 6.43. The lowest BCUT2D eigenvalue weighted by atomic mass is 10.1. The molecule has 6 heteroatoms. The van der Waals surface area contributed by atoms with E-state index in [1.807, 2.05) is 13.0 Å². The fraction of sp³-hybridized carbons (Fsp3) is 0.667. The van der Waals surface area contributed by atoms with Crippen LogP contribution < -0.4 is 5.32 Å². The number of rotatable bonds is 4. The van der Waals surface area contributed by atoms with Gasteiger partial charge in [0.25, 0.3) is 0 Å². The van der Waals surface area contributed by atoms with E-state index in [2.05, 4.69) is 15.5 Å². The van der Waals surface area contributed by atoms with E-state index in [1.54, 1.807) is 11.1 Å². The van der Waals surface area contributed by atoms with Crippen LogP contribution >= 0.6 is 0 Å². The molecule has 6 nitrogen and oxygen atoms in total. The van der Waals surface area contributed by atoms with E-state index in [9.17, 15) is 4.79 Å². The normalized spacial score (nSPS) is 16.8. The molecule has 0 saturated carbocycles. The number of amides is 1. The van der Waals surface area contributed by atoms with Crippen molar-refractivity contribution < 1.29 is 9.53 Å². The third kappa shape index (κ3) is 3.46. The molecule has 2 heterocycles. The Morgan fingerprint density at radius 1 is 1.61 bits per heavy atom. The van der Waals surface area contributed by atoms with Crippen molar-refractivity contribution in [3.05, 3.63) is 18.0 Å². The summed E-state index contributed by atoms with van der Waals surface area (Å²) in [6.07, 6.45) is 3.49. The Labute approximate surface area is 107 Å². The summed E-state index contributed by atoms with van der Waals surface area (Å²) < 4.78 is 4.99. The van der Waals surface area contributed by atoms with Crippen molar-refractivity contribution >= 4 is 6.09 Å². The zero-order valence-electron chi connectivity index (χ0n) is 10.7. The van der Waals surface area contributed by atoms with E-state index in [0.29, 0.717) is 12.6 Å². The van der Waals surface area contributed by atoms with E-state index in [1.165, 1.54) is 0 Å². The molecule has 1 aliphatic heterocycles. The van der Waals surface area contributed by atoms with Crippen molar-refractivity contribution in [2.24, 2.45) is 0 Å². The van der Waals surface area contributed by atoms with Crippen molar-refractivity contribution in [1.29, 1.82) is 0 Å². The molecule has 2 N–H and O–H groups in total. The van der Waals surface area contributed by atoms with Gasteiger partial charge in [0.05, 0.1) is 6.61 Å². The van der Waals surface area contributed by atoms with Crippen LogP contribution in [0.3, 0.4) is 0 Å². The lowest BCUT2D eigenvalue weighted by molar-refractivity contribution is 0.0949. The van der Waals surface area contributed by atoms with E-state index >= 15 is 0 Å². The molecule has 100 valence electrons. The summed E-state index contributed by atoms with van der Waals surface area (Å²) in [5, 5.41) is 10.3. The summed E-state index contributed by atoms with van der Waals surface area (Å²) in [4.78, 5) is 13.3. The van der Waals surface area contributed by atoms with Crippen LogP contribution in [-0.4, -0.2) is 46.9 Å². The van der Waals surface area contributed by atoms with Gasteiger partial charge in [-0.1, -0.05) is 0 Å². The van der Waals surface area contributed by atoms with E-state index in [0.717, 1.165) is 38.2 Å². The number of nitrogens with zero attached hydrogens (tertiary/aromatic N) is 2. The van der Waals surface area contributed by atoms with Gasteiger partial charge < -0.3 is 15.0 Å². The Morgan fingerprint density at radius 3 is 3.00 bits per heavy atom. The molecule has 0 aromatic carbocycles. The molecule has 0 bridgehead atoms. The molecular formula is C12H20N4O2. The van der Waals surface area contributed by atoms with Gasteiger partial charge >= 0.3 is 6.09 Å².